The zero-order valence-corrected chi connectivity index (χ0v) is 21.3. The fourth-order valence-electron chi connectivity index (χ4n) is 3.98. The van der Waals surface area contributed by atoms with E-state index in [0.717, 1.165) is 11.1 Å². The molecule has 0 spiro atoms. The Morgan fingerprint density at radius 1 is 1.09 bits per heavy atom. The Morgan fingerprint density at radius 3 is 2.40 bits per heavy atom. The van der Waals surface area contributed by atoms with Crippen molar-refractivity contribution in [1.82, 2.24) is 10.3 Å². The summed E-state index contributed by atoms with van der Waals surface area (Å²) >= 11 is 0. The molecular formula is C26H34N2O7. The van der Waals surface area contributed by atoms with Crippen LogP contribution in [0.3, 0.4) is 0 Å². The lowest BCUT2D eigenvalue weighted by molar-refractivity contribution is -0.149. The number of hydrogen-bond donors (Lipinski definition) is 1. The van der Waals surface area contributed by atoms with Crippen molar-refractivity contribution in [2.75, 3.05) is 20.4 Å². The van der Waals surface area contributed by atoms with Crippen molar-refractivity contribution < 1.29 is 33.3 Å². The molecule has 0 bridgehead atoms. The number of nitrogens with zero attached hydrogens (tertiary/aromatic N) is 1. The molecule has 0 aliphatic carbocycles. The highest BCUT2D eigenvalue weighted by molar-refractivity contribution is 5.97. The molecule has 1 N–H and O–H groups in total. The van der Waals surface area contributed by atoms with E-state index >= 15 is 0 Å². The van der Waals surface area contributed by atoms with Gasteiger partial charge in [-0.05, 0) is 37.8 Å². The van der Waals surface area contributed by atoms with Gasteiger partial charge < -0.3 is 24.3 Å². The second kappa shape index (κ2) is 12.7. The van der Waals surface area contributed by atoms with E-state index in [2.05, 4.69) is 49.3 Å². The number of carbonyl (C=O) groups is 3. The smallest absolute Gasteiger partial charge is 0.325 e. The van der Waals surface area contributed by atoms with Crippen molar-refractivity contribution in [3.05, 3.63) is 52.8 Å². The lowest BCUT2D eigenvalue weighted by Crippen LogP contribution is -2.35. The number of amides is 1. The Morgan fingerprint density at radius 2 is 1.80 bits per heavy atom. The summed E-state index contributed by atoms with van der Waals surface area (Å²) in [6.45, 7) is 10.6. The number of pyridine rings is 1. The van der Waals surface area contributed by atoms with Crippen LogP contribution < -0.4 is 14.8 Å². The van der Waals surface area contributed by atoms with Gasteiger partial charge in [0.2, 0.25) is 6.79 Å². The summed E-state index contributed by atoms with van der Waals surface area (Å²) in [7, 11) is 1.40. The molecular weight excluding hydrogens is 452 g/mol. The predicted octanol–water partition coefficient (Wildman–Crippen LogP) is 3.71. The van der Waals surface area contributed by atoms with Gasteiger partial charge in [0, 0.05) is 25.1 Å². The first-order chi connectivity index (χ1) is 16.5. The molecule has 35 heavy (non-hydrogen) atoms. The SMILES string of the molecule is COc1ccnc(C(=O)NCC(=O)OC(C)C(c2ccc(C)cc2C)C(C)C)c1OCOC(C)=O. The highest BCUT2D eigenvalue weighted by Gasteiger charge is 2.28. The van der Waals surface area contributed by atoms with E-state index in [-0.39, 0.29) is 35.6 Å². The number of methoxy groups -OCH3 is 1. The monoisotopic (exact) mass is 486 g/mol. The summed E-state index contributed by atoms with van der Waals surface area (Å²) in [5.41, 5.74) is 3.33. The average Bonchev–Trinajstić information content (AvgIpc) is 2.78. The van der Waals surface area contributed by atoms with Gasteiger partial charge >= 0.3 is 11.9 Å². The normalized spacial score (nSPS) is 12.5. The van der Waals surface area contributed by atoms with E-state index in [1.54, 1.807) is 0 Å². The molecule has 2 rings (SSSR count). The minimum absolute atomic E-state index is 0.00317. The molecule has 1 aromatic carbocycles. The zero-order chi connectivity index (χ0) is 26.1. The Kier molecular flexibility index (Phi) is 10.1. The van der Waals surface area contributed by atoms with Crippen molar-refractivity contribution >= 4 is 17.8 Å². The molecule has 1 heterocycles. The van der Waals surface area contributed by atoms with E-state index < -0.39 is 30.7 Å². The Bertz CT molecular complexity index is 1050. The molecule has 0 radical (unpaired) electrons. The lowest BCUT2D eigenvalue weighted by atomic mass is 9.82. The number of hydrogen-bond acceptors (Lipinski definition) is 8. The Hall–Kier alpha value is -3.62. The second-order valence-electron chi connectivity index (χ2n) is 8.60. The number of nitrogens with one attached hydrogen (secondary N) is 1. The maximum Gasteiger partial charge on any atom is 0.325 e. The molecule has 190 valence electrons. The Balaban J connectivity index is 2.06. The highest BCUT2D eigenvalue weighted by Crippen LogP contribution is 2.32. The van der Waals surface area contributed by atoms with Crippen LogP contribution in [0.4, 0.5) is 0 Å². The van der Waals surface area contributed by atoms with Gasteiger partial charge in [0.25, 0.3) is 5.91 Å². The van der Waals surface area contributed by atoms with Crippen LogP contribution in [-0.4, -0.2) is 49.4 Å². The lowest BCUT2D eigenvalue weighted by Gasteiger charge is -2.29. The van der Waals surface area contributed by atoms with E-state index in [9.17, 15) is 14.4 Å². The maximum absolute atomic E-state index is 12.7. The van der Waals surface area contributed by atoms with E-state index in [1.807, 2.05) is 13.8 Å². The summed E-state index contributed by atoms with van der Waals surface area (Å²) in [5.74, 6) is -1.35. The fourth-order valence-corrected chi connectivity index (χ4v) is 3.98. The van der Waals surface area contributed by atoms with Crippen LogP contribution in [-0.2, 0) is 19.1 Å². The summed E-state index contributed by atoms with van der Waals surface area (Å²) in [6.07, 6.45) is 0.961. The third kappa shape index (κ3) is 7.70. The highest BCUT2D eigenvalue weighted by atomic mass is 16.7. The minimum Gasteiger partial charge on any atom is -0.493 e. The predicted molar refractivity (Wildman–Crippen MR) is 129 cm³/mol. The van der Waals surface area contributed by atoms with Crippen molar-refractivity contribution in [2.24, 2.45) is 5.92 Å². The number of ether oxygens (including phenoxy) is 4. The third-order valence-corrected chi connectivity index (χ3v) is 5.49. The standard InChI is InChI=1S/C26H34N2O7/c1-15(2)23(20-9-8-16(3)12-17(20)4)18(5)35-22(30)13-28-26(31)24-25(34-14-33-19(6)29)21(32-7)10-11-27-24/h8-12,15,18,23H,13-14H2,1-7H3,(H,28,31). The first kappa shape index (κ1) is 27.6. The van der Waals surface area contributed by atoms with E-state index in [4.69, 9.17) is 18.9 Å². The van der Waals surface area contributed by atoms with Crippen LogP contribution in [0.15, 0.2) is 30.5 Å². The van der Waals surface area contributed by atoms with Crippen molar-refractivity contribution in [3.63, 3.8) is 0 Å². The molecule has 9 heteroatoms. The Labute approximate surface area is 206 Å². The van der Waals surface area contributed by atoms with Crippen LogP contribution in [0.1, 0.15) is 60.8 Å². The quantitative estimate of drug-likeness (QED) is 0.378. The topological polar surface area (TPSA) is 113 Å². The average molecular weight is 487 g/mol. The van der Waals surface area contributed by atoms with Crippen LogP contribution in [0.2, 0.25) is 0 Å². The molecule has 0 aliphatic rings. The van der Waals surface area contributed by atoms with Crippen molar-refractivity contribution in [2.45, 2.75) is 53.6 Å². The van der Waals surface area contributed by atoms with Crippen LogP contribution >= 0.6 is 0 Å². The van der Waals surface area contributed by atoms with Gasteiger partial charge in [-0.25, -0.2) is 4.98 Å². The van der Waals surface area contributed by atoms with Crippen molar-refractivity contribution in [3.8, 4) is 11.5 Å². The summed E-state index contributed by atoms with van der Waals surface area (Å²) in [4.78, 5) is 40.3. The third-order valence-electron chi connectivity index (χ3n) is 5.49. The van der Waals surface area contributed by atoms with Gasteiger partial charge in [-0.3, -0.25) is 14.4 Å². The van der Waals surface area contributed by atoms with Gasteiger partial charge in [-0.1, -0.05) is 37.6 Å². The number of benzene rings is 1. The molecule has 0 saturated carbocycles. The molecule has 1 aromatic heterocycles. The van der Waals surface area contributed by atoms with Crippen molar-refractivity contribution in [1.29, 1.82) is 0 Å². The number of aromatic nitrogens is 1. The first-order valence-corrected chi connectivity index (χ1v) is 11.4. The fraction of sp³-hybridized carbons (Fsp3) is 0.462. The van der Waals surface area contributed by atoms with Gasteiger partial charge in [-0.15, -0.1) is 0 Å². The summed E-state index contributed by atoms with van der Waals surface area (Å²) in [6, 6.07) is 7.73. The van der Waals surface area contributed by atoms with Gasteiger partial charge in [0.15, 0.2) is 17.2 Å². The minimum atomic E-state index is -0.666. The molecule has 1 amide bonds. The first-order valence-electron chi connectivity index (χ1n) is 11.4. The van der Waals surface area contributed by atoms with Crippen LogP contribution in [0.25, 0.3) is 0 Å². The van der Waals surface area contributed by atoms with E-state index in [0.29, 0.717) is 0 Å². The second-order valence-corrected chi connectivity index (χ2v) is 8.60. The van der Waals surface area contributed by atoms with Gasteiger partial charge in [-0.2, -0.15) is 0 Å². The van der Waals surface area contributed by atoms with E-state index in [1.165, 1.54) is 31.9 Å². The number of rotatable bonds is 11. The molecule has 2 atom stereocenters. The summed E-state index contributed by atoms with van der Waals surface area (Å²) < 4.78 is 21.0. The largest absolute Gasteiger partial charge is 0.493 e. The molecule has 2 aromatic rings. The molecule has 9 nitrogen and oxygen atoms in total. The number of esters is 2. The van der Waals surface area contributed by atoms with Gasteiger partial charge in [0.1, 0.15) is 12.6 Å². The number of aryl methyl sites for hydroxylation is 2. The maximum atomic E-state index is 12.7. The van der Waals surface area contributed by atoms with Crippen LogP contribution in [0.5, 0.6) is 11.5 Å². The zero-order valence-electron chi connectivity index (χ0n) is 21.3. The number of carbonyl (C=O) groups excluding carboxylic acids is 3. The molecule has 0 saturated heterocycles. The molecule has 0 fully saturated rings. The van der Waals surface area contributed by atoms with Crippen LogP contribution in [0, 0.1) is 19.8 Å². The molecule has 0 aliphatic heterocycles. The molecule has 2 unspecified atom stereocenters. The van der Waals surface area contributed by atoms with Gasteiger partial charge in [0.05, 0.1) is 7.11 Å². The summed E-state index contributed by atoms with van der Waals surface area (Å²) in [5, 5.41) is 2.50.